The molecule has 0 bridgehead atoms. The Morgan fingerprint density at radius 3 is 2.75 bits per heavy atom. The maximum absolute atomic E-state index is 12.1. The molecule has 3 aromatic rings. The van der Waals surface area contributed by atoms with Gasteiger partial charge in [-0.25, -0.2) is 4.98 Å². The van der Waals surface area contributed by atoms with Gasteiger partial charge in [-0.1, -0.05) is 12.1 Å². The first-order valence-electron chi connectivity index (χ1n) is 6.02. The predicted molar refractivity (Wildman–Crippen MR) is 82.1 cm³/mol. The Morgan fingerprint density at radius 1 is 1.20 bits per heavy atom. The number of ether oxygens (including phenoxy) is 1. The molecular weight excluding hydrogens is 320 g/mol. The van der Waals surface area contributed by atoms with Crippen molar-refractivity contribution in [2.24, 2.45) is 0 Å². The number of nitrogens with one attached hydrogen (secondary N) is 1. The Bertz CT molecular complexity index is 843. The van der Waals surface area contributed by atoms with E-state index in [1.165, 1.54) is 0 Å². The topological polar surface area (TPSA) is 55.0 Å². The summed E-state index contributed by atoms with van der Waals surface area (Å²) in [5.41, 5.74) is 1.34. The van der Waals surface area contributed by atoms with Gasteiger partial charge < -0.3 is 9.72 Å². The van der Waals surface area contributed by atoms with Gasteiger partial charge in [0, 0.05) is 10.0 Å². The maximum Gasteiger partial charge on any atom is 0.259 e. The van der Waals surface area contributed by atoms with Crippen LogP contribution in [-0.2, 0) is 0 Å². The van der Waals surface area contributed by atoms with E-state index in [0.29, 0.717) is 16.7 Å². The Morgan fingerprint density at radius 2 is 2.00 bits per heavy atom. The summed E-state index contributed by atoms with van der Waals surface area (Å²) in [6.07, 6.45) is 0. The van der Waals surface area contributed by atoms with Gasteiger partial charge in [-0.05, 0) is 46.3 Å². The number of H-pyrrole nitrogens is 1. The summed E-state index contributed by atoms with van der Waals surface area (Å²) in [4.78, 5) is 19.4. The summed E-state index contributed by atoms with van der Waals surface area (Å²) in [5.74, 6) is 1.27. The van der Waals surface area contributed by atoms with Crippen LogP contribution >= 0.6 is 15.9 Å². The van der Waals surface area contributed by atoms with E-state index < -0.39 is 0 Å². The van der Waals surface area contributed by atoms with Gasteiger partial charge in [0.15, 0.2) is 0 Å². The molecule has 0 saturated carbocycles. The van der Waals surface area contributed by atoms with Crippen LogP contribution in [0.2, 0.25) is 0 Å². The maximum atomic E-state index is 12.1. The SMILES string of the molecule is COc1ccc(-c2nc3ccccc3c(=O)[nH]2)c(Br)c1. The van der Waals surface area contributed by atoms with Crippen LogP contribution in [0.1, 0.15) is 0 Å². The quantitative estimate of drug-likeness (QED) is 0.783. The van der Waals surface area contributed by atoms with E-state index >= 15 is 0 Å². The van der Waals surface area contributed by atoms with Gasteiger partial charge in [0.1, 0.15) is 11.6 Å². The molecule has 0 fully saturated rings. The van der Waals surface area contributed by atoms with Crippen molar-refractivity contribution >= 4 is 26.8 Å². The standard InChI is InChI=1S/C15H11BrN2O2/c1-20-9-6-7-10(12(16)8-9)14-17-13-5-3-2-4-11(13)15(19)18-14/h2-8H,1H3,(H,17,18,19). The molecule has 0 aliphatic carbocycles. The smallest absolute Gasteiger partial charge is 0.259 e. The lowest BCUT2D eigenvalue weighted by molar-refractivity contribution is 0.414. The van der Waals surface area contributed by atoms with Crippen LogP contribution < -0.4 is 10.3 Å². The molecule has 0 atom stereocenters. The Hall–Kier alpha value is -2.14. The minimum Gasteiger partial charge on any atom is -0.497 e. The molecular formula is C15H11BrN2O2. The van der Waals surface area contributed by atoms with Crippen LogP contribution in [0.15, 0.2) is 51.7 Å². The molecule has 0 aliphatic rings. The molecule has 0 amide bonds. The number of halogens is 1. The van der Waals surface area contributed by atoms with Crippen LogP contribution in [0, 0.1) is 0 Å². The van der Waals surface area contributed by atoms with Gasteiger partial charge in [-0.2, -0.15) is 0 Å². The molecule has 4 nitrogen and oxygen atoms in total. The zero-order valence-electron chi connectivity index (χ0n) is 10.7. The Balaban J connectivity index is 2.22. The van der Waals surface area contributed by atoms with E-state index in [1.54, 1.807) is 13.2 Å². The number of hydrogen-bond acceptors (Lipinski definition) is 3. The molecule has 3 rings (SSSR count). The molecule has 0 spiro atoms. The van der Waals surface area contributed by atoms with E-state index in [0.717, 1.165) is 15.8 Å². The van der Waals surface area contributed by atoms with Crippen LogP contribution in [0.5, 0.6) is 5.75 Å². The first-order chi connectivity index (χ1) is 9.69. The lowest BCUT2D eigenvalue weighted by Gasteiger charge is -2.07. The molecule has 5 heteroatoms. The van der Waals surface area contributed by atoms with Crippen molar-refractivity contribution in [3.8, 4) is 17.1 Å². The highest BCUT2D eigenvalue weighted by Crippen LogP contribution is 2.29. The molecule has 1 aromatic heterocycles. The van der Waals surface area contributed by atoms with Gasteiger partial charge in [0.25, 0.3) is 5.56 Å². The summed E-state index contributed by atoms with van der Waals surface area (Å²) in [6.45, 7) is 0. The van der Waals surface area contributed by atoms with Crippen LogP contribution in [0.4, 0.5) is 0 Å². The second-order valence-corrected chi connectivity index (χ2v) is 5.13. The van der Waals surface area contributed by atoms with E-state index in [1.807, 2.05) is 36.4 Å². The van der Waals surface area contributed by atoms with Gasteiger partial charge in [-0.15, -0.1) is 0 Å². The predicted octanol–water partition coefficient (Wildman–Crippen LogP) is 3.36. The van der Waals surface area contributed by atoms with E-state index in [-0.39, 0.29) is 5.56 Å². The van der Waals surface area contributed by atoms with Crippen LogP contribution in [0.25, 0.3) is 22.3 Å². The van der Waals surface area contributed by atoms with Crippen molar-refractivity contribution in [3.05, 3.63) is 57.3 Å². The first-order valence-corrected chi connectivity index (χ1v) is 6.81. The Kier molecular flexibility index (Phi) is 3.28. The van der Waals surface area contributed by atoms with Crippen LogP contribution in [0.3, 0.4) is 0 Å². The van der Waals surface area contributed by atoms with Crippen molar-refractivity contribution in [1.29, 1.82) is 0 Å². The summed E-state index contributed by atoms with van der Waals surface area (Å²) in [5, 5.41) is 0.584. The fourth-order valence-electron chi connectivity index (χ4n) is 2.03. The lowest BCUT2D eigenvalue weighted by atomic mass is 10.2. The highest BCUT2D eigenvalue weighted by Gasteiger charge is 2.09. The third-order valence-electron chi connectivity index (χ3n) is 3.04. The number of nitrogens with zero attached hydrogens (tertiary/aromatic N) is 1. The number of aromatic nitrogens is 2. The number of benzene rings is 2. The average Bonchev–Trinajstić information content (AvgIpc) is 2.47. The minimum atomic E-state index is -0.145. The van der Waals surface area contributed by atoms with Crippen LogP contribution in [-0.4, -0.2) is 17.1 Å². The number of para-hydroxylation sites is 1. The molecule has 0 radical (unpaired) electrons. The van der Waals surface area contributed by atoms with Gasteiger partial charge in [-0.3, -0.25) is 4.79 Å². The van der Waals surface area contributed by atoms with Crippen molar-refractivity contribution < 1.29 is 4.74 Å². The lowest BCUT2D eigenvalue weighted by Crippen LogP contribution is -2.09. The molecule has 0 saturated heterocycles. The van der Waals surface area contributed by atoms with Crippen molar-refractivity contribution in [1.82, 2.24) is 9.97 Å². The summed E-state index contributed by atoms with van der Waals surface area (Å²) in [6, 6.07) is 12.8. The highest BCUT2D eigenvalue weighted by molar-refractivity contribution is 9.10. The molecule has 1 heterocycles. The van der Waals surface area contributed by atoms with Crippen molar-refractivity contribution in [2.45, 2.75) is 0 Å². The third kappa shape index (κ3) is 2.20. The zero-order chi connectivity index (χ0) is 14.1. The number of fused-ring (bicyclic) bond motifs is 1. The monoisotopic (exact) mass is 330 g/mol. The number of aromatic amines is 1. The minimum absolute atomic E-state index is 0.145. The second kappa shape index (κ2) is 5.09. The van der Waals surface area contributed by atoms with E-state index in [4.69, 9.17) is 4.74 Å². The van der Waals surface area contributed by atoms with Gasteiger partial charge in [0.2, 0.25) is 0 Å². The summed E-state index contributed by atoms with van der Waals surface area (Å²) >= 11 is 3.47. The van der Waals surface area contributed by atoms with Crippen molar-refractivity contribution in [3.63, 3.8) is 0 Å². The fourth-order valence-corrected chi connectivity index (χ4v) is 2.57. The summed E-state index contributed by atoms with van der Waals surface area (Å²) in [7, 11) is 1.61. The third-order valence-corrected chi connectivity index (χ3v) is 3.70. The molecule has 0 aliphatic heterocycles. The number of hydrogen-bond donors (Lipinski definition) is 1. The first kappa shape index (κ1) is 12.9. The second-order valence-electron chi connectivity index (χ2n) is 4.28. The molecule has 2 aromatic carbocycles. The number of rotatable bonds is 2. The van der Waals surface area contributed by atoms with E-state index in [9.17, 15) is 4.79 Å². The van der Waals surface area contributed by atoms with E-state index in [2.05, 4.69) is 25.9 Å². The molecule has 0 unspecified atom stereocenters. The van der Waals surface area contributed by atoms with Gasteiger partial charge >= 0.3 is 0 Å². The highest BCUT2D eigenvalue weighted by atomic mass is 79.9. The van der Waals surface area contributed by atoms with Crippen molar-refractivity contribution in [2.75, 3.05) is 7.11 Å². The zero-order valence-corrected chi connectivity index (χ0v) is 12.3. The molecule has 1 N–H and O–H groups in total. The largest absolute Gasteiger partial charge is 0.497 e. The number of methoxy groups -OCH3 is 1. The Labute approximate surface area is 123 Å². The fraction of sp³-hybridized carbons (Fsp3) is 0.0667. The molecule has 100 valence electrons. The average molecular weight is 331 g/mol. The normalized spacial score (nSPS) is 10.7. The molecule has 20 heavy (non-hydrogen) atoms. The van der Waals surface area contributed by atoms with Gasteiger partial charge in [0.05, 0.1) is 18.0 Å². The summed E-state index contributed by atoms with van der Waals surface area (Å²) < 4.78 is 5.97.